The van der Waals surface area contributed by atoms with Crippen LogP contribution in [0.1, 0.15) is 16.1 Å². The summed E-state index contributed by atoms with van der Waals surface area (Å²) in [5, 5.41) is 6.87. The molecule has 0 aliphatic heterocycles. The van der Waals surface area contributed by atoms with Crippen LogP contribution < -0.4 is 20.7 Å². The van der Waals surface area contributed by atoms with Crippen LogP contribution in [-0.2, 0) is 10.0 Å². The predicted molar refractivity (Wildman–Crippen MR) is 117 cm³/mol. The molecule has 2 aromatic heterocycles. The Morgan fingerprint density at radius 1 is 1.10 bits per heavy atom. The second kappa shape index (κ2) is 7.82. The fourth-order valence-electron chi connectivity index (χ4n) is 3.30. The summed E-state index contributed by atoms with van der Waals surface area (Å²) in [6, 6.07) is 13.4. The number of methoxy groups -OCH3 is 1. The summed E-state index contributed by atoms with van der Waals surface area (Å²) in [4.78, 5) is 21.4. The van der Waals surface area contributed by atoms with Gasteiger partial charge >= 0.3 is 0 Å². The highest BCUT2D eigenvalue weighted by molar-refractivity contribution is 7.89. The van der Waals surface area contributed by atoms with Crippen LogP contribution in [0.2, 0.25) is 0 Å². The highest BCUT2D eigenvalue weighted by Gasteiger charge is 2.18. The molecule has 9 nitrogen and oxygen atoms in total. The van der Waals surface area contributed by atoms with Gasteiger partial charge in [0.05, 0.1) is 17.5 Å². The summed E-state index contributed by atoms with van der Waals surface area (Å²) in [6.45, 7) is 1.86. The highest BCUT2D eigenvalue weighted by atomic mass is 32.2. The maximum atomic E-state index is 12.8. The Bertz CT molecular complexity index is 1440. The first kappa shape index (κ1) is 20.5. The van der Waals surface area contributed by atoms with Crippen molar-refractivity contribution in [1.82, 2.24) is 15.4 Å². The van der Waals surface area contributed by atoms with Crippen molar-refractivity contribution < 1.29 is 17.9 Å². The van der Waals surface area contributed by atoms with Gasteiger partial charge in [-0.15, -0.1) is 0 Å². The summed E-state index contributed by atoms with van der Waals surface area (Å²) in [5.74, 6) is 0.647. The maximum absolute atomic E-state index is 12.8. The first-order valence-corrected chi connectivity index (χ1v) is 10.7. The number of nitrogens with zero attached hydrogens (tertiary/aromatic N) is 2. The number of nitrogens with one attached hydrogen (secondary N) is 2. The van der Waals surface area contributed by atoms with Crippen LogP contribution in [0.3, 0.4) is 0 Å². The molecule has 0 radical (unpaired) electrons. The molecular formula is C21H19N5O4S. The standard InChI is InChI=1S/C21H19N5O4S/c1-12-10-13-11-14(30-2)6-7-17(13)24-20(12)25-26-21(27)19-16-4-3-5-18(31(22,28)29)15(16)8-9-23-19/h3-11H,1-2H3,(H,24,25)(H,26,27)(H2,22,28,29). The quantitative estimate of drug-likeness (QED) is 0.408. The number of primary sulfonamides is 1. The van der Waals surface area contributed by atoms with Crippen molar-refractivity contribution in [2.24, 2.45) is 5.14 Å². The number of anilines is 1. The highest BCUT2D eigenvalue weighted by Crippen LogP contribution is 2.25. The first-order chi connectivity index (χ1) is 14.8. The smallest absolute Gasteiger partial charge is 0.288 e. The van der Waals surface area contributed by atoms with Crippen LogP contribution in [0.4, 0.5) is 5.82 Å². The Labute approximate surface area is 178 Å². The minimum atomic E-state index is -3.95. The molecular weight excluding hydrogens is 418 g/mol. The van der Waals surface area contributed by atoms with Crippen molar-refractivity contribution in [2.75, 3.05) is 12.5 Å². The number of fused-ring (bicyclic) bond motifs is 2. The molecule has 0 bridgehead atoms. The molecule has 4 rings (SSSR count). The molecule has 0 aliphatic rings. The van der Waals surface area contributed by atoms with Gasteiger partial charge in [-0.05, 0) is 48.9 Å². The largest absolute Gasteiger partial charge is 0.497 e. The van der Waals surface area contributed by atoms with E-state index in [0.717, 1.165) is 22.2 Å². The van der Waals surface area contributed by atoms with Gasteiger partial charge in [-0.2, -0.15) is 0 Å². The van der Waals surface area contributed by atoms with Crippen molar-refractivity contribution in [1.29, 1.82) is 0 Å². The lowest BCUT2D eigenvalue weighted by Crippen LogP contribution is -2.31. The average molecular weight is 437 g/mol. The minimum Gasteiger partial charge on any atom is -0.497 e. The zero-order chi connectivity index (χ0) is 22.2. The molecule has 0 unspecified atom stereocenters. The van der Waals surface area contributed by atoms with E-state index < -0.39 is 15.9 Å². The number of hydrogen-bond donors (Lipinski definition) is 3. The van der Waals surface area contributed by atoms with E-state index in [-0.39, 0.29) is 10.6 Å². The molecule has 1 amide bonds. The second-order valence-electron chi connectivity index (χ2n) is 6.85. The van der Waals surface area contributed by atoms with E-state index in [9.17, 15) is 13.2 Å². The van der Waals surface area contributed by atoms with Gasteiger partial charge in [0, 0.05) is 22.4 Å². The van der Waals surface area contributed by atoms with Gasteiger partial charge in [0.25, 0.3) is 5.91 Å². The fraction of sp³-hybridized carbons (Fsp3) is 0.0952. The molecule has 31 heavy (non-hydrogen) atoms. The van der Waals surface area contributed by atoms with Gasteiger partial charge in [0.2, 0.25) is 10.0 Å². The third-order valence-electron chi connectivity index (χ3n) is 4.79. The van der Waals surface area contributed by atoms with E-state index >= 15 is 0 Å². The Morgan fingerprint density at radius 3 is 2.65 bits per heavy atom. The summed E-state index contributed by atoms with van der Waals surface area (Å²) < 4.78 is 28.9. The number of amides is 1. The van der Waals surface area contributed by atoms with Crippen LogP contribution in [0.5, 0.6) is 5.75 Å². The van der Waals surface area contributed by atoms with Crippen molar-refractivity contribution in [3.8, 4) is 5.75 Å². The number of ether oxygens (including phenoxy) is 1. The molecule has 0 fully saturated rings. The zero-order valence-corrected chi connectivity index (χ0v) is 17.5. The predicted octanol–water partition coefficient (Wildman–Crippen LogP) is 2.50. The second-order valence-corrected chi connectivity index (χ2v) is 8.38. The van der Waals surface area contributed by atoms with Crippen molar-refractivity contribution in [3.05, 3.63) is 66.0 Å². The molecule has 4 aromatic rings. The number of nitrogens with two attached hydrogens (primary N) is 1. The molecule has 10 heteroatoms. The molecule has 0 saturated heterocycles. The topological polar surface area (TPSA) is 136 Å². The lowest BCUT2D eigenvalue weighted by Gasteiger charge is -2.13. The van der Waals surface area contributed by atoms with Crippen LogP contribution >= 0.6 is 0 Å². The minimum absolute atomic E-state index is 0.0543. The number of pyridine rings is 2. The van der Waals surface area contributed by atoms with Gasteiger partial charge in [-0.3, -0.25) is 20.6 Å². The summed E-state index contributed by atoms with van der Waals surface area (Å²) in [6.07, 6.45) is 1.36. The van der Waals surface area contributed by atoms with Gasteiger partial charge in [-0.1, -0.05) is 12.1 Å². The van der Waals surface area contributed by atoms with Crippen LogP contribution in [0, 0.1) is 6.92 Å². The number of sulfonamides is 1. The van der Waals surface area contributed by atoms with Gasteiger partial charge in [-0.25, -0.2) is 18.5 Å². The number of carbonyl (C=O) groups is 1. The summed E-state index contributed by atoms with van der Waals surface area (Å²) >= 11 is 0. The number of benzene rings is 2. The number of hydrogen-bond acceptors (Lipinski definition) is 7. The number of carbonyl (C=O) groups excluding carboxylic acids is 1. The third kappa shape index (κ3) is 3.98. The summed E-state index contributed by atoms with van der Waals surface area (Å²) in [5.41, 5.74) is 6.98. The lowest BCUT2D eigenvalue weighted by molar-refractivity contribution is 0.0959. The van der Waals surface area contributed by atoms with E-state index in [0.29, 0.717) is 16.6 Å². The molecule has 0 spiro atoms. The Balaban J connectivity index is 1.64. The normalized spacial score (nSPS) is 11.5. The van der Waals surface area contributed by atoms with E-state index in [1.807, 2.05) is 25.1 Å². The summed E-state index contributed by atoms with van der Waals surface area (Å²) in [7, 11) is -2.36. The van der Waals surface area contributed by atoms with E-state index in [1.54, 1.807) is 19.2 Å². The van der Waals surface area contributed by atoms with Crippen molar-refractivity contribution in [3.63, 3.8) is 0 Å². The average Bonchev–Trinajstić information content (AvgIpc) is 2.75. The SMILES string of the molecule is COc1ccc2nc(NNC(=O)c3nccc4c(S(N)(=O)=O)cccc34)c(C)cc2c1. The number of aryl methyl sites for hydroxylation is 1. The fourth-order valence-corrected chi connectivity index (χ4v) is 4.05. The van der Waals surface area contributed by atoms with E-state index in [1.165, 1.54) is 24.4 Å². The van der Waals surface area contributed by atoms with E-state index in [2.05, 4.69) is 20.8 Å². The lowest BCUT2D eigenvalue weighted by atomic mass is 10.1. The molecule has 158 valence electrons. The number of rotatable bonds is 5. The Morgan fingerprint density at radius 2 is 1.90 bits per heavy atom. The maximum Gasteiger partial charge on any atom is 0.288 e. The van der Waals surface area contributed by atoms with Gasteiger partial charge in [0.15, 0.2) is 0 Å². The third-order valence-corrected chi connectivity index (χ3v) is 5.76. The Hall–Kier alpha value is -3.76. The number of hydrazine groups is 1. The van der Waals surface area contributed by atoms with Crippen LogP contribution in [0.15, 0.2) is 59.6 Å². The van der Waals surface area contributed by atoms with Gasteiger partial charge < -0.3 is 4.74 Å². The van der Waals surface area contributed by atoms with Gasteiger partial charge in [0.1, 0.15) is 17.3 Å². The Kier molecular flexibility index (Phi) is 5.17. The van der Waals surface area contributed by atoms with Crippen molar-refractivity contribution >= 4 is 43.4 Å². The van der Waals surface area contributed by atoms with Crippen LogP contribution in [0.25, 0.3) is 21.7 Å². The zero-order valence-electron chi connectivity index (χ0n) is 16.7. The first-order valence-electron chi connectivity index (χ1n) is 9.20. The van der Waals surface area contributed by atoms with Crippen molar-refractivity contribution in [2.45, 2.75) is 11.8 Å². The molecule has 0 atom stereocenters. The molecule has 0 saturated carbocycles. The molecule has 4 N–H and O–H groups in total. The molecule has 0 aliphatic carbocycles. The molecule has 2 heterocycles. The molecule has 2 aromatic carbocycles. The number of aromatic nitrogens is 2. The van der Waals surface area contributed by atoms with Crippen LogP contribution in [-0.4, -0.2) is 31.4 Å². The van der Waals surface area contributed by atoms with E-state index in [4.69, 9.17) is 9.88 Å². The monoisotopic (exact) mass is 437 g/mol.